The number of urea groups is 1. The molecule has 0 aromatic heterocycles. The molecule has 0 spiro atoms. The van der Waals surface area contributed by atoms with Crippen molar-refractivity contribution in [1.82, 2.24) is 5.32 Å². The summed E-state index contributed by atoms with van der Waals surface area (Å²) in [6.45, 7) is 0. The van der Waals surface area contributed by atoms with E-state index in [-0.39, 0.29) is 11.6 Å². The second kappa shape index (κ2) is 5.21. The number of carbonyl (C=O) groups excluding carboxylic acids is 1. The van der Waals surface area contributed by atoms with Gasteiger partial charge in [-0.15, -0.1) is 0 Å². The first-order valence-electron chi connectivity index (χ1n) is 5.73. The quantitative estimate of drug-likeness (QED) is 0.782. The first-order chi connectivity index (χ1) is 8.99. The van der Waals surface area contributed by atoms with E-state index in [0.29, 0.717) is 0 Å². The predicted molar refractivity (Wildman–Crippen MR) is 62.7 cm³/mol. The van der Waals surface area contributed by atoms with Crippen molar-refractivity contribution in [3.05, 3.63) is 29.8 Å². The maximum atomic E-state index is 13.3. The number of carbonyl (C=O) groups is 2. The standard InChI is InChI=1S/C12H12F2N2O3/c13-7-2-1-3-8(9(7)14)15-12(19)16-10(11(17)18)6-4-5-6/h1-3,6,10H,4-5H2,(H,17,18)(H2,15,16,19). The minimum Gasteiger partial charge on any atom is -0.480 e. The number of benzene rings is 1. The van der Waals surface area contributed by atoms with Gasteiger partial charge in [0.2, 0.25) is 0 Å². The van der Waals surface area contributed by atoms with Gasteiger partial charge in [0.1, 0.15) is 6.04 Å². The molecular weight excluding hydrogens is 258 g/mol. The second-order valence-electron chi connectivity index (χ2n) is 4.35. The molecule has 5 nitrogen and oxygen atoms in total. The average molecular weight is 270 g/mol. The van der Waals surface area contributed by atoms with Crippen molar-refractivity contribution >= 4 is 17.7 Å². The van der Waals surface area contributed by atoms with Crippen molar-refractivity contribution in [2.75, 3.05) is 5.32 Å². The number of anilines is 1. The van der Waals surface area contributed by atoms with Gasteiger partial charge in [-0.3, -0.25) is 0 Å². The van der Waals surface area contributed by atoms with Crippen molar-refractivity contribution in [2.24, 2.45) is 5.92 Å². The number of rotatable bonds is 4. The first-order valence-corrected chi connectivity index (χ1v) is 5.73. The normalized spacial score (nSPS) is 15.7. The van der Waals surface area contributed by atoms with Crippen LogP contribution in [-0.2, 0) is 4.79 Å². The molecule has 1 saturated carbocycles. The molecule has 1 aliphatic rings. The van der Waals surface area contributed by atoms with E-state index in [1.54, 1.807) is 0 Å². The third-order valence-corrected chi connectivity index (χ3v) is 2.85. The number of nitrogens with one attached hydrogen (secondary N) is 2. The topological polar surface area (TPSA) is 78.4 Å². The maximum Gasteiger partial charge on any atom is 0.326 e. The molecule has 0 saturated heterocycles. The fourth-order valence-corrected chi connectivity index (χ4v) is 1.71. The Balaban J connectivity index is 2.00. The van der Waals surface area contributed by atoms with Gasteiger partial charge in [0, 0.05) is 0 Å². The van der Waals surface area contributed by atoms with Gasteiger partial charge in [-0.05, 0) is 30.9 Å². The van der Waals surface area contributed by atoms with Gasteiger partial charge in [0.25, 0.3) is 0 Å². The summed E-state index contributed by atoms with van der Waals surface area (Å²) in [5.74, 6) is -3.51. The van der Waals surface area contributed by atoms with Crippen molar-refractivity contribution in [3.8, 4) is 0 Å². The van der Waals surface area contributed by atoms with Gasteiger partial charge in [-0.2, -0.15) is 0 Å². The lowest BCUT2D eigenvalue weighted by Gasteiger charge is -2.14. The highest BCUT2D eigenvalue weighted by atomic mass is 19.2. The van der Waals surface area contributed by atoms with Crippen molar-refractivity contribution in [2.45, 2.75) is 18.9 Å². The van der Waals surface area contributed by atoms with Gasteiger partial charge in [-0.25, -0.2) is 18.4 Å². The molecule has 3 N–H and O–H groups in total. The van der Waals surface area contributed by atoms with Crippen LogP contribution in [0.1, 0.15) is 12.8 Å². The van der Waals surface area contributed by atoms with Crippen LogP contribution < -0.4 is 10.6 Å². The fraction of sp³-hybridized carbons (Fsp3) is 0.333. The fourth-order valence-electron chi connectivity index (χ4n) is 1.71. The molecule has 2 rings (SSSR count). The number of aliphatic carboxylic acids is 1. The Labute approximate surface area is 107 Å². The summed E-state index contributed by atoms with van der Waals surface area (Å²) in [7, 11) is 0. The Morgan fingerprint density at radius 3 is 2.58 bits per heavy atom. The average Bonchev–Trinajstić information content (AvgIpc) is 3.16. The summed E-state index contributed by atoms with van der Waals surface area (Å²) in [6, 6.07) is 1.47. The van der Waals surface area contributed by atoms with Gasteiger partial charge in [0.05, 0.1) is 5.69 Å². The molecule has 1 aromatic rings. The van der Waals surface area contributed by atoms with Gasteiger partial charge in [0.15, 0.2) is 11.6 Å². The van der Waals surface area contributed by atoms with E-state index in [2.05, 4.69) is 10.6 Å². The van der Waals surface area contributed by atoms with Gasteiger partial charge >= 0.3 is 12.0 Å². The maximum absolute atomic E-state index is 13.3. The smallest absolute Gasteiger partial charge is 0.326 e. The molecular formula is C12H12F2N2O3. The zero-order valence-corrected chi connectivity index (χ0v) is 9.82. The van der Waals surface area contributed by atoms with E-state index < -0.39 is 29.7 Å². The summed E-state index contributed by atoms with van der Waals surface area (Å²) in [6.07, 6.45) is 1.46. The van der Waals surface area contributed by atoms with Crippen molar-refractivity contribution in [1.29, 1.82) is 0 Å². The molecule has 0 aliphatic heterocycles. The lowest BCUT2D eigenvalue weighted by Crippen LogP contribution is -2.44. The number of halogens is 2. The highest BCUT2D eigenvalue weighted by Crippen LogP contribution is 2.32. The molecule has 7 heteroatoms. The van der Waals surface area contributed by atoms with Crippen LogP contribution in [0.4, 0.5) is 19.3 Å². The Bertz CT molecular complexity index is 518. The lowest BCUT2D eigenvalue weighted by atomic mass is 10.2. The van der Waals surface area contributed by atoms with Gasteiger partial charge in [-0.1, -0.05) is 6.07 Å². The summed E-state index contributed by atoms with van der Waals surface area (Å²) >= 11 is 0. The van der Waals surface area contributed by atoms with E-state index in [0.717, 1.165) is 18.9 Å². The number of carboxylic acid groups (broad SMARTS) is 1. The molecule has 1 aliphatic carbocycles. The van der Waals surface area contributed by atoms with Crippen molar-refractivity contribution in [3.63, 3.8) is 0 Å². The third-order valence-electron chi connectivity index (χ3n) is 2.85. The molecule has 1 fully saturated rings. The zero-order chi connectivity index (χ0) is 14.0. The number of hydrogen-bond acceptors (Lipinski definition) is 2. The molecule has 0 bridgehead atoms. The largest absolute Gasteiger partial charge is 0.480 e. The van der Waals surface area contributed by atoms with Crippen LogP contribution in [0, 0.1) is 17.6 Å². The van der Waals surface area contributed by atoms with Crippen molar-refractivity contribution < 1.29 is 23.5 Å². The molecule has 1 unspecified atom stereocenters. The molecule has 0 radical (unpaired) electrons. The van der Waals surface area contributed by atoms with Crippen LogP contribution in [0.3, 0.4) is 0 Å². The minimum absolute atomic E-state index is 0.0967. The molecule has 2 amide bonds. The van der Waals surface area contributed by atoms with Crippen LogP contribution in [0.5, 0.6) is 0 Å². The highest BCUT2D eigenvalue weighted by molar-refractivity contribution is 5.92. The van der Waals surface area contributed by atoms with Gasteiger partial charge < -0.3 is 15.7 Å². The van der Waals surface area contributed by atoms with E-state index in [4.69, 9.17) is 5.11 Å². The Kier molecular flexibility index (Phi) is 3.64. The SMILES string of the molecule is O=C(Nc1cccc(F)c1F)NC(C(=O)O)C1CC1. The third kappa shape index (κ3) is 3.18. The molecule has 19 heavy (non-hydrogen) atoms. The second-order valence-corrected chi connectivity index (χ2v) is 4.35. The molecule has 1 aromatic carbocycles. The first kappa shape index (κ1) is 13.3. The van der Waals surface area contributed by atoms with Crippen LogP contribution in [0.2, 0.25) is 0 Å². The predicted octanol–water partition coefficient (Wildman–Crippen LogP) is 1.95. The lowest BCUT2D eigenvalue weighted by molar-refractivity contribution is -0.139. The molecule has 102 valence electrons. The van der Waals surface area contributed by atoms with Crippen LogP contribution in [0.25, 0.3) is 0 Å². The van der Waals surface area contributed by atoms with Crippen LogP contribution in [0.15, 0.2) is 18.2 Å². The zero-order valence-electron chi connectivity index (χ0n) is 9.82. The number of hydrogen-bond donors (Lipinski definition) is 3. The summed E-state index contributed by atoms with van der Waals surface area (Å²) < 4.78 is 26.2. The monoisotopic (exact) mass is 270 g/mol. The summed E-state index contributed by atoms with van der Waals surface area (Å²) in [4.78, 5) is 22.5. The molecule has 0 heterocycles. The Morgan fingerprint density at radius 1 is 1.32 bits per heavy atom. The van der Waals surface area contributed by atoms with E-state index in [9.17, 15) is 18.4 Å². The molecule has 1 atom stereocenters. The Hall–Kier alpha value is -2.18. The van der Waals surface area contributed by atoms with E-state index >= 15 is 0 Å². The van der Waals surface area contributed by atoms with E-state index in [1.165, 1.54) is 12.1 Å². The Morgan fingerprint density at radius 2 is 2.00 bits per heavy atom. The summed E-state index contributed by atoms with van der Waals surface area (Å²) in [5.41, 5.74) is -0.336. The highest BCUT2D eigenvalue weighted by Gasteiger charge is 2.37. The summed E-state index contributed by atoms with van der Waals surface area (Å²) in [5, 5.41) is 13.2. The van der Waals surface area contributed by atoms with Crippen LogP contribution >= 0.6 is 0 Å². The van der Waals surface area contributed by atoms with E-state index in [1.807, 2.05) is 0 Å². The minimum atomic E-state index is -1.18. The number of amides is 2. The van der Waals surface area contributed by atoms with Crippen LogP contribution in [-0.4, -0.2) is 23.1 Å². The number of carboxylic acids is 1.